The molecule has 2 aromatic rings. The molecule has 0 bridgehead atoms. The standard InChI is InChI=1S/C19H21NO6/c1-24-15-10-12(11-16(25-2)17(15)26-3)9-14(19(22)23)20-18(21)13-7-5-4-6-8-13/h4-8,10-11,14H,9H2,1-3H3,(H,20,21)(H,22,23). The lowest BCUT2D eigenvalue weighted by Crippen LogP contribution is -2.42. The molecule has 1 amide bonds. The summed E-state index contributed by atoms with van der Waals surface area (Å²) in [5, 5.41) is 12.0. The zero-order chi connectivity index (χ0) is 19.1. The predicted octanol–water partition coefficient (Wildman–Crippen LogP) is 2.14. The van der Waals surface area contributed by atoms with E-state index < -0.39 is 17.9 Å². The predicted molar refractivity (Wildman–Crippen MR) is 95.1 cm³/mol. The van der Waals surface area contributed by atoms with Crippen LogP contribution in [0.25, 0.3) is 0 Å². The average Bonchev–Trinajstić information content (AvgIpc) is 2.66. The second-order valence-corrected chi connectivity index (χ2v) is 5.47. The molecule has 0 fully saturated rings. The van der Waals surface area contributed by atoms with Crippen LogP contribution in [0.2, 0.25) is 0 Å². The molecular weight excluding hydrogens is 338 g/mol. The molecule has 0 aliphatic carbocycles. The van der Waals surface area contributed by atoms with Gasteiger partial charge in [-0.05, 0) is 29.8 Å². The van der Waals surface area contributed by atoms with Gasteiger partial charge in [0.25, 0.3) is 5.91 Å². The summed E-state index contributed by atoms with van der Waals surface area (Å²) < 4.78 is 15.8. The lowest BCUT2D eigenvalue weighted by Gasteiger charge is -2.17. The number of benzene rings is 2. The van der Waals surface area contributed by atoms with Crippen molar-refractivity contribution < 1.29 is 28.9 Å². The number of carbonyl (C=O) groups is 2. The van der Waals surface area contributed by atoms with Crippen molar-refractivity contribution in [2.75, 3.05) is 21.3 Å². The van der Waals surface area contributed by atoms with Gasteiger partial charge < -0.3 is 24.6 Å². The van der Waals surface area contributed by atoms with Gasteiger partial charge in [0.05, 0.1) is 21.3 Å². The van der Waals surface area contributed by atoms with Crippen molar-refractivity contribution in [3.63, 3.8) is 0 Å². The van der Waals surface area contributed by atoms with E-state index in [0.29, 0.717) is 28.4 Å². The molecular formula is C19H21NO6. The topological polar surface area (TPSA) is 94.1 Å². The van der Waals surface area contributed by atoms with Crippen molar-refractivity contribution in [3.8, 4) is 17.2 Å². The van der Waals surface area contributed by atoms with E-state index in [-0.39, 0.29) is 6.42 Å². The third-order valence-corrected chi connectivity index (χ3v) is 3.80. The SMILES string of the molecule is COc1cc(CC(NC(=O)c2ccccc2)C(=O)O)cc(OC)c1OC. The Balaban J connectivity index is 2.25. The molecule has 7 nitrogen and oxygen atoms in total. The Morgan fingerprint density at radius 1 is 1.00 bits per heavy atom. The van der Waals surface area contributed by atoms with Crippen LogP contribution in [0.15, 0.2) is 42.5 Å². The number of carbonyl (C=O) groups excluding carboxylic acids is 1. The Morgan fingerprint density at radius 2 is 1.58 bits per heavy atom. The Labute approximate surface area is 151 Å². The Kier molecular flexibility index (Phi) is 6.43. The number of amides is 1. The summed E-state index contributed by atoms with van der Waals surface area (Å²) in [5.74, 6) is -0.340. The maximum Gasteiger partial charge on any atom is 0.326 e. The third kappa shape index (κ3) is 4.44. The molecule has 0 aromatic heterocycles. The molecule has 0 spiro atoms. The van der Waals surface area contributed by atoms with Crippen LogP contribution in [0.3, 0.4) is 0 Å². The number of hydrogen-bond donors (Lipinski definition) is 2. The first kappa shape index (κ1) is 19.1. The summed E-state index contributed by atoms with van der Waals surface area (Å²) in [6, 6.07) is 10.7. The summed E-state index contributed by atoms with van der Waals surface area (Å²) in [6.45, 7) is 0. The van der Waals surface area contributed by atoms with Crippen molar-refractivity contribution in [3.05, 3.63) is 53.6 Å². The van der Waals surface area contributed by atoms with Gasteiger partial charge >= 0.3 is 5.97 Å². The van der Waals surface area contributed by atoms with Crippen LogP contribution < -0.4 is 19.5 Å². The van der Waals surface area contributed by atoms with Gasteiger partial charge in [0, 0.05) is 12.0 Å². The Bertz CT molecular complexity index is 750. The fourth-order valence-corrected chi connectivity index (χ4v) is 2.52. The van der Waals surface area contributed by atoms with E-state index in [1.54, 1.807) is 42.5 Å². The van der Waals surface area contributed by atoms with Crippen molar-refractivity contribution in [2.24, 2.45) is 0 Å². The smallest absolute Gasteiger partial charge is 0.326 e. The van der Waals surface area contributed by atoms with Gasteiger partial charge in [-0.2, -0.15) is 0 Å². The summed E-state index contributed by atoms with van der Waals surface area (Å²) in [5.41, 5.74) is 1.02. The Morgan fingerprint density at radius 3 is 2.04 bits per heavy atom. The van der Waals surface area contributed by atoms with Gasteiger partial charge in [0.2, 0.25) is 5.75 Å². The number of hydrogen-bond acceptors (Lipinski definition) is 5. The summed E-state index contributed by atoms with van der Waals surface area (Å²) in [4.78, 5) is 23.9. The van der Waals surface area contributed by atoms with E-state index in [1.165, 1.54) is 21.3 Å². The highest BCUT2D eigenvalue weighted by Crippen LogP contribution is 2.38. The van der Waals surface area contributed by atoms with Gasteiger partial charge in [0.1, 0.15) is 6.04 Å². The maximum atomic E-state index is 12.3. The number of carboxylic acid groups (broad SMARTS) is 1. The molecule has 26 heavy (non-hydrogen) atoms. The van der Waals surface area contributed by atoms with Crippen LogP contribution in [-0.2, 0) is 11.2 Å². The number of methoxy groups -OCH3 is 3. The Hall–Kier alpha value is -3.22. The normalized spacial score (nSPS) is 11.3. The first-order valence-corrected chi connectivity index (χ1v) is 7.87. The number of aliphatic carboxylic acids is 1. The minimum Gasteiger partial charge on any atom is -0.493 e. The average molecular weight is 359 g/mol. The summed E-state index contributed by atoms with van der Waals surface area (Å²) in [7, 11) is 4.44. The highest BCUT2D eigenvalue weighted by atomic mass is 16.5. The van der Waals surface area contributed by atoms with Crippen molar-refractivity contribution >= 4 is 11.9 Å². The van der Waals surface area contributed by atoms with Gasteiger partial charge in [-0.1, -0.05) is 18.2 Å². The van der Waals surface area contributed by atoms with E-state index >= 15 is 0 Å². The highest BCUT2D eigenvalue weighted by molar-refractivity contribution is 5.96. The number of rotatable bonds is 8. The third-order valence-electron chi connectivity index (χ3n) is 3.80. The van der Waals surface area contributed by atoms with Crippen LogP contribution in [-0.4, -0.2) is 44.4 Å². The number of nitrogens with one attached hydrogen (secondary N) is 1. The first-order chi connectivity index (χ1) is 12.5. The zero-order valence-electron chi connectivity index (χ0n) is 14.8. The number of carboxylic acids is 1. The molecule has 2 aromatic carbocycles. The highest BCUT2D eigenvalue weighted by Gasteiger charge is 2.23. The molecule has 0 saturated carbocycles. The van der Waals surface area contributed by atoms with E-state index in [9.17, 15) is 14.7 Å². The largest absolute Gasteiger partial charge is 0.493 e. The maximum absolute atomic E-state index is 12.3. The monoisotopic (exact) mass is 359 g/mol. The molecule has 1 atom stereocenters. The molecule has 0 saturated heterocycles. The fraction of sp³-hybridized carbons (Fsp3) is 0.263. The van der Waals surface area contributed by atoms with Crippen molar-refractivity contribution in [2.45, 2.75) is 12.5 Å². The molecule has 1 unspecified atom stereocenters. The molecule has 2 rings (SSSR count). The molecule has 7 heteroatoms. The minimum atomic E-state index is -1.14. The van der Waals surface area contributed by atoms with Crippen LogP contribution >= 0.6 is 0 Å². The van der Waals surface area contributed by atoms with Crippen LogP contribution in [0.5, 0.6) is 17.2 Å². The minimum absolute atomic E-state index is 0.0601. The van der Waals surface area contributed by atoms with Crippen LogP contribution in [0, 0.1) is 0 Å². The van der Waals surface area contributed by atoms with Crippen LogP contribution in [0.1, 0.15) is 15.9 Å². The zero-order valence-corrected chi connectivity index (χ0v) is 14.8. The molecule has 2 N–H and O–H groups in total. The lowest BCUT2D eigenvalue weighted by atomic mass is 10.0. The summed E-state index contributed by atoms with van der Waals surface area (Å²) >= 11 is 0. The van der Waals surface area contributed by atoms with Gasteiger partial charge in [-0.15, -0.1) is 0 Å². The van der Waals surface area contributed by atoms with E-state index in [2.05, 4.69) is 5.32 Å². The lowest BCUT2D eigenvalue weighted by molar-refractivity contribution is -0.139. The fourth-order valence-electron chi connectivity index (χ4n) is 2.52. The second kappa shape index (κ2) is 8.75. The molecule has 0 aliphatic heterocycles. The molecule has 0 radical (unpaired) electrons. The van der Waals surface area contributed by atoms with Gasteiger partial charge in [0.15, 0.2) is 11.5 Å². The molecule has 0 aliphatic rings. The van der Waals surface area contributed by atoms with Gasteiger partial charge in [-0.25, -0.2) is 4.79 Å². The van der Waals surface area contributed by atoms with E-state index in [1.807, 2.05) is 0 Å². The van der Waals surface area contributed by atoms with E-state index in [0.717, 1.165) is 0 Å². The van der Waals surface area contributed by atoms with Crippen molar-refractivity contribution in [1.82, 2.24) is 5.32 Å². The summed E-state index contributed by atoms with van der Waals surface area (Å²) in [6.07, 6.45) is 0.0601. The molecule has 138 valence electrons. The van der Waals surface area contributed by atoms with Crippen LogP contribution in [0.4, 0.5) is 0 Å². The first-order valence-electron chi connectivity index (χ1n) is 7.87. The van der Waals surface area contributed by atoms with Gasteiger partial charge in [-0.3, -0.25) is 4.79 Å². The van der Waals surface area contributed by atoms with Crippen molar-refractivity contribution in [1.29, 1.82) is 0 Å². The molecule has 0 heterocycles. The quantitative estimate of drug-likeness (QED) is 0.750. The van der Waals surface area contributed by atoms with E-state index in [4.69, 9.17) is 14.2 Å². The number of ether oxygens (including phenoxy) is 3. The second-order valence-electron chi connectivity index (χ2n) is 5.47.